The SMILES string of the molecule is NC(=O)Cc1nnc(SCC2=C(C(=O)O)N3C(=O)C(NC(=O)Cc4cccs4)[C@H]3SC2)o1. The van der Waals surface area contributed by atoms with Crippen LogP contribution in [0, 0.1) is 0 Å². The monoisotopic (exact) mass is 495 g/mol. The summed E-state index contributed by atoms with van der Waals surface area (Å²) in [5.41, 5.74) is 5.52. The van der Waals surface area contributed by atoms with Crippen LogP contribution >= 0.6 is 34.9 Å². The standard InChI is InChI=1S/C18H17N5O6S3/c19-10(24)5-12-21-22-18(29-12)32-7-8-6-31-16-13(15(26)23(16)14(8)17(27)28)20-11(25)4-9-2-1-3-30-9/h1-3,13,16H,4-7H2,(H2,19,24)(H,20,25)(H,27,28)/t13?,16-/m1/s1. The van der Waals surface area contributed by atoms with Crippen molar-refractivity contribution in [3.8, 4) is 0 Å². The van der Waals surface area contributed by atoms with Crippen LogP contribution in [0.25, 0.3) is 0 Å². The molecular weight excluding hydrogens is 478 g/mol. The van der Waals surface area contributed by atoms with E-state index in [0.29, 0.717) is 11.3 Å². The van der Waals surface area contributed by atoms with Gasteiger partial charge in [-0.25, -0.2) is 4.79 Å². The second kappa shape index (κ2) is 9.34. The van der Waals surface area contributed by atoms with Gasteiger partial charge in [0.15, 0.2) is 0 Å². The summed E-state index contributed by atoms with van der Waals surface area (Å²) in [5, 5.41) is 21.5. The molecule has 1 fully saturated rings. The van der Waals surface area contributed by atoms with Crippen molar-refractivity contribution >= 4 is 58.6 Å². The number of hydrogen-bond acceptors (Lipinski definition) is 10. The Kier molecular flexibility index (Phi) is 6.53. The van der Waals surface area contributed by atoms with Crippen molar-refractivity contribution < 1.29 is 28.7 Å². The van der Waals surface area contributed by atoms with Gasteiger partial charge < -0.3 is 20.6 Å². The van der Waals surface area contributed by atoms with Crippen LogP contribution in [0.1, 0.15) is 10.8 Å². The Bertz CT molecular complexity index is 1100. The summed E-state index contributed by atoms with van der Waals surface area (Å²) < 4.78 is 5.30. The van der Waals surface area contributed by atoms with Gasteiger partial charge in [-0.3, -0.25) is 19.3 Å². The highest BCUT2D eigenvalue weighted by atomic mass is 32.2. The van der Waals surface area contributed by atoms with Gasteiger partial charge in [-0.05, 0) is 17.0 Å². The number of nitrogens with zero attached hydrogens (tertiary/aromatic N) is 3. The Morgan fingerprint density at radius 2 is 2.16 bits per heavy atom. The third-order valence-electron chi connectivity index (χ3n) is 4.62. The van der Waals surface area contributed by atoms with E-state index in [1.54, 1.807) is 0 Å². The Labute approximate surface area is 193 Å². The fourth-order valence-corrected chi connectivity index (χ4v) is 6.22. The van der Waals surface area contributed by atoms with Gasteiger partial charge in [0.25, 0.3) is 11.1 Å². The maximum absolute atomic E-state index is 12.7. The Morgan fingerprint density at radius 1 is 1.34 bits per heavy atom. The van der Waals surface area contributed by atoms with E-state index in [0.717, 1.165) is 16.6 Å². The molecule has 0 radical (unpaired) electrons. The number of amides is 3. The molecule has 11 nitrogen and oxygen atoms in total. The van der Waals surface area contributed by atoms with E-state index in [9.17, 15) is 24.3 Å². The number of fused-ring (bicyclic) bond motifs is 1. The van der Waals surface area contributed by atoms with Crippen molar-refractivity contribution in [3.05, 3.63) is 39.6 Å². The lowest BCUT2D eigenvalue weighted by Crippen LogP contribution is -2.70. The first-order valence-electron chi connectivity index (χ1n) is 9.28. The van der Waals surface area contributed by atoms with E-state index in [2.05, 4.69) is 15.5 Å². The Morgan fingerprint density at radius 3 is 2.84 bits per heavy atom. The zero-order valence-electron chi connectivity index (χ0n) is 16.3. The number of hydrogen-bond donors (Lipinski definition) is 3. The highest BCUT2D eigenvalue weighted by Gasteiger charge is 2.54. The fourth-order valence-electron chi connectivity index (χ4n) is 3.26. The van der Waals surface area contributed by atoms with E-state index >= 15 is 0 Å². The number of carboxylic acid groups (broad SMARTS) is 1. The molecule has 32 heavy (non-hydrogen) atoms. The van der Waals surface area contributed by atoms with Gasteiger partial charge in [0.2, 0.25) is 17.7 Å². The number of rotatable bonds is 9. The number of aromatic nitrogens is 2. The fraction of sp³-hybridized carbons (Fsp3) is 0.333. The van der Waals surface area contributed by atoms with Gasteiger partial charge in [0.1, 0.15) is 23.5 Å². The number of thiophene rings is 1. The molecule has 0 aromatic carbocycles. The summed E-state index contributed by atoms with van der Waals surface area (Å²) in [4.78, 5) is 49.9. The molecule has 4 rings (SSSR count). The molecule has 2 aliphatic rings. The predicted octanol–water partition coefficient (Wildman–Crippen LogP) is 0.232. The molecule has 2 aromatic heterocycles. The Hall–Kier alpha value is -2.84. The van der Waals surface area contributed by atoms with Crippen LogP contribution < -0.4 is 11.1 Å². The highest BCUT2D eigenvalue weighted by Crippen LogP contribution is 2.41. The summed E-state index contributed by atoms with van der Waals surface area (Å²) in [5.74, 6) is -1.92. The molecule has 2 atom stereocenters. The van der Waals surface area contributed by atoms with E-state index in [-0.39, 0.29) is 41.3 Å². The number of thioether (sulfide) groups is 2. The van der Waals surface area contributed by atoms with Crippen molar-refractivity contribution in [3.63, 3.8) is 0 Å². The van der Waals surface area contributed by atoms with Crippen LogP contribution in [0.15, 0.2) is 38.4 Å². The van der Waals surface area contributed by atoms with E-state index in [1.807, 2.05) is 17.5 Å². The van der Waals surface area contributed by atoms with Crippen LogP contribution in [-0.2, 0) is 32.0 Å². The maximum atomic E-state index is 12.7. The number of primary amides is 1. The first kappa shape index (κ1) is 22.4. The zero-order chi connectivity index (χ0) is 22.8. The quantitative estimate of drug-likeness (QED) is 0.323. The van der Waals surface area contributed by atoms with Crippen LogP contribution in [0.4, 0.5) is 0 Å². The van der Waals surface area contributed by atoms with Gasteiger partial charge in [0, 0.05) is 16.4 Å². The number of carbonyl (C=O) groups excluding carboxylic acids is 3. The molecule has 14 heteroatoms. The topological polar surface area (TPSA) is 169 Å². The maximum Gasteiger partial charge on any atom is 0.352 e. The molecule has 3 amide bonds. The molecule has 0 aliphatic carbocycles. The smallest absolute Gasteiger partial charge is 0.352 e. The average molecular weight is 496 g/mol. The summed E-state index contributed by atoms with van der Waals surface area (Å²) in [7, 11) is 0. The first-order valence-corrected chi connectivity index (χ1v) is 12.2. The number of aliphatic carboxylic acids is 1. The molecule has 2 aliphatic heterocycles. The van der Waals surface area contributed by atoms with Gasteiger partial charge in [-0.15, -0.1) is 33.3 Å². The lowest BCUT2D eigenvalue weighted by atomic mass is 10.0. The second-order valence-corrected chi connectivity index (χ2v) is 9.93. The van der Waals surface area contributed by atoms with E-state index in [4.69, 9.17) is 10.2 Å². The zero-order valence-corrected chi connectivity index (χ0v) is 18.8. The van der Waals surface area contributed by atoms with Crippen molar-refractivity contribution in [1.29, 1.82) is 0 Å². The normalized spacial score (nSPS) is 20.0. The first-order chi connectivity index (χ1) is 15.3. The van der Waals surface area contributed by atoms with Gasteiger partial charge in [-0.2, -0.15) is 0 Å². The average Bonchev–Trinajstić information content (AvgIpc) is 3.41. The number of β-lactam (4-membered cyclic amide) rings is 1. The molecule has 0 saturated carbocycles. The summed E-state index contributed by atoms with van der Waals surface area (Å²) >= 11 is 3.94. The molecule has 4 N–H and O–H groups in total. The third-order valence-corrected chi connectivity index (χ3v) is 7.75. The van der Waals surface area contributed by atoms with Gasteiger partial charge >= 0.3 is 5.97 Å². The molecule has 0 bridgehead atoms. The summed E-state index contributed by atoms with van der Waals surface area (Å²) in [6, 6.07) is 2.92. The lowest BCUT2D eigenvalue weighted by Gasteiger charge is -2.49. The Balaban J connectivity index is 1.41. The molecule has 0 spiro atoms. The molecule has 4 heterocycles. The van der Waals surface area contributed by atoms with Crippen molar-refractivity contribution in [2.24, 2.45) is 5.73 Å². The summed E-state index contributed by atoms with van der Waals surface area (Å²) in [6.45, 7) is 0. The minimum atomic E-state index is -1.22. The lowest BCUT2D eigenvalue weighted by molar-refractivity contribution is -0.150. The largest absolute Gasteiger partial charge is 0.477 e. The van der Waals surface area contributed by atoms with Gasteiger partial charge in [-0.1, -0.05) is 17.8 Å². The predicted molar refractivity (Wildman–Crippen MR) is 116 cm³/mol. The molecule has 1 saturated heterocycles. The number of carboxylic acids is 1. The molecule has 2 aromatic rings. The van der Waals surface area contributed by atoms with Crippen molar-refractivity contribution in [2.45, 2.75) is 29.5 Å². The summed E-state index contributed by atoms with van der Waals surface area (Å²) in [6.07, 6.45) is -0.0136. The van der Waals surface area contributed by atoms with Crippen molar-refractivity contribution in [1.82, 2.24) is 20.4 Å². The second-order valence-electron chi connectivity index (χ2n) is 6.86. The number of nitrogens with two attached hydrogens (primary N) is 1. The van der Waals surface area contributed by atoms with Gasteiger partial charge in [0.05, 0.1) is 6.42 Å². The molecular formula is C18H17N5O6S3. The van der Waals surface area contributed by atoms with Crippen LogP contribution in [0.2, 0.25) is 0 Å². The minimum Gasteiger partial charge on any atom is -0.477 e. The highest BCUT2D eigenvalue weighted by molar-refractivity contribution is 8.01. The van der Waals surface area contributed by atoms with Crippen LogP contribution in [0.3, 0.4) is 0 Å². The number of carbonyl (C=O) groups is 4. The van der Waals surface area contributed by atoms with E-state index in [1.165, 1.54) is 28.0 Å². The van der Waals surface area contributed by atoms with Crippen molar-refractivity contribution in [2.75, 3.05) is 11.5 Å². The molecule has 168 valence electrons. The van der Waals surface area contributed by atoms with Crippen LogP contribution in [0.5, 0.6) is 0 Å². The van der Waals surface area contributed by atoms with Crippen LogP contribution in [-0.4, -0.2) is 66.8 Å². The number of nitrogens with one attached hydrogen (secondary N) is 1. The van der Waals surface area contributed by atoms with E-state index < -0.39 is 29.2 Å². The third kappa shape index (κ3) is 4.66. The molecule has 1 unspecified atom stereocenters. The minimum absolute atomic E-state index is 0.0737.